The predicted octanol–water partition coefficient (Wildman–Crippen LogP) is 3.55. The van der Waals surface area contributed by atoms with Crippen LogP contribution in [0.2, 0.25) is 0 Å². The number of hydrogen-bond acceptors (Lipinski definition) is 8. The van der Waals surface area contributed by atoms with E-state index in [1.807, 2.05) is 0 Å². The molecule has 0 fully saturated rings. The van der Waals surface area contributed by atoms with Crippen molar-refractivity contribution < 1.29 is 33.0 Å². The molecule has 0 spiro atoms. The lowest BCUT2D eigenvalue weighted by Crippen LogP contribution is -2.31. The highest BCUT2D eigenvalue weighted by molar-refractivity contribution is 9.10. The molecule has 9 nitrogen and oxygen atoms in total. The lowest BCUT2D eigenvalue weighted by Gasteiger charge is -2.22. The standard InChI is InChI=1S/C21H19BrFN3O6/c1-10-15(21(27)25-24-8-11-6-4-5-7-12(11)23)26-32-16(10)13-14(22)18-20(31-9-30-18)19(29-3)17(13)28-2/h4-8,10,16H,9H2,1-3H3,(H,25,27)/b24-8+. The molecule has 1 amide bonds. The smallest absolute Gasteiger partial charge is 0.289 e. The molecule has 32 heavy (non-hydrogen) atoms. The van der Waals surface area contributed by atoms with E-state index in [-0.39, 0.29) is 18.1 Å². The number of carbonyl (C=O) groups is 1. The van der Waals surface area contributed by atoms with Crippen LogP contribution in [0.25, 0.3) is 0 Å². The Labute approximate surface area is 191 Å². The number of halogens is 2. The Kier molecular flexibility index (Phi) is 6.17. The molecule has 0 radical (unpaired) electrons. The van der Waals surface area contributed by atoms with E-state index in [4.69, 9.17) is 23.8 Å². The summed E-state index contributed by atoms with van der Waals surface area (Å²) in [6.07, 6.45) is 0.535. The number of benzene rings is 2. The van der Waals surface area contributed by atoms with Gasteiger partial charge in [-0.2, -0.15) is 5.10 Å². The molecule has 1 N–H and O–H groups in total. The molecule has 4 rings (SSSR count). The van der Waals surface area contributed by atoms with Crippen molar-refractivity contribution in [3.8, 4) is 23.0 Å². The van der Waals surface area contributed by atoms with E-state index in [2.05, 4.69) is 31.6 Å². The quantitative estimate of drug-likeness (QED) is 0.474. The van der Waals surface area contributed by atoms with Gasteiger partial charge in [-0.15, -0.1) is 0 Å². The molecule has 2 heterocycles. The van der Waals surface area contributed by atoms with E-state index in [0.29, 0.717) is 33.0 Å². The summed E-state index contributed by atoms with van der Waals surface area (Å²) in [4.78, 5) is 18.2. The van der Waals surface area contributed by atoms with Gasteiger partial charge >= 0.3 is 0 Å². The van der Waals surface area contributed by atoms with E-state index in [9.17, 15) is 9.18 Å². The zero-order valence-electron chi connectivity index (χ0n) is 17.3. The SMILES string of the molecule is COc1c2c(c(Br)c(C3ON=C(C(=O)N/N=C/c4ccccc4F)C3C)c1OC)OCO2. The van der Waals surface area contributed by atoms with Crippen molar-refractivity contribution in [1.29, 1.82) is 0 Å². The number of ether oxygens (including phenoxy) is 4. The molecule has 2 atom stereocenters. The van der Waals surface area contributed by atoms with Crippen molar-refractivity contribution in [2.24, 2.45) is 16.2 Å². The van der Waals surface area contributed by atoms with Crippen molar-refractivity contribution in [3.05, 3.63) is 45.7 Å². The third-order valence-electron chi connectivity index (χ3n) is 5.06. The molecular weight excluding hydrogens is 489 g/mol. The molecule has 11 heteroatoms. The molecule has 0 aliphatic carbocycles. The van der Waals surface area contributed by atoms with Gasteiger partial charge in [0, 0.05) is 5.56 Å². The van der Waals surface area contributed by atoms with Crippen LogP contribution in [-0.4, -0.2) is 38.8 Å². The number of oxime groups is 1. The van der Waals surface area contributed by atoms with Gasteiger partial charge in [-0.3, -0.25) is 4.79 Å². The second-order valence-electron chi connectivity index (χ2n) is 6.87. The second-order valence-corrected chi connectivity index (χ2v) is 7.66. The molecule has 2 unspecified atom stereocenters. The molecule has 0 saturated heterocycles. The number of hydrogen-bond donors (Lipinski definition) is 1. The van der Waals surface area contributed by atoms with Crippen molar-refractivity contribution in [3.63, 3.8) is 0 Å². The number of amides is 1. The highest BCUT2D eigenvalue weighted by Crippen LogP contribution is 2.57. The highest BCUT2D eigenvalue weighted by Gasteiger charge is 2.42. The van der Waals surface area contributed by atoms with E-state index in [1.54, 1.807) is 19.1 Å². The van der Waals surface area contributed by atoms with E-state index in [0.717, 1.165) is 0 Å². The number of methoxy groups -OCH3 is 2. The fourth-order valence-electron chi connectivity index (χ4n) is 3.48. The van der Waals surface area contributed by atoms with Gasteiger partial charge in [0.2, 0.25) is 18.3 Å². The van der Waals surface area contributed by atoms with Gasteiger partial charge in [-0.25, -0.2) is 9.82 Å². The maximum absolute atomic E-state index is 13.7. The molecule has 2 aromatic rings. The Hall–Kier alpha value is -3.34. The zero-order valence-corrected chi connectivity index (χ0v) is 18.9. The molecule has 0 saturated carbocycles. The summed E-state index contributed by atoms with van der Waals surface area (Å²) in [5, 5.41) is 7.76. The molecule has 2 aliphatic heterocycles. The molecule has 0 bridgehead atoms. The minimum atomic E-state index is -0.681. The lowest BCUT2D eigenvalue weighted by molar-refractivity contribution is -0.115. The van der Waals surface area contributed by atoms with Crippen LogP contribution in [0, 0.1) is 11.7 Å². The first-order chi connectivity index (χ1) is 15.5. The van der Waals surface area contributed by atoms with Gasteiger partial charge in [0.05, 0.1) is 36.4 Å². The topological polar surface area (TPSA) is 100.0 Å². The first-order valence-electron chi connectivity index (χ1n) is 9.52. The predicted molar refractivity (Wildman–Crippen MR) is 116 cm³/mol. The molecule has 2 aliphatic rings. The van der Waals surface area contributed by atoms with Crippen LogP contribution in [-0.2, 0) is 9.63 Å². The summed E-state index contributed by atoms with van der Waals surface area (Å²) in [7, 11) is 2.97. The van der Waals surface area contributed by atoms with Crippen molar-refractivity contribution >= 4 is 33.8 Å². The minimum absolute atomic E-state index is 0.0299. The first kappa shape index (κ1) is 21.9. The summed E-state index contributed by atoms with van der Waals surface area (Å²) in [6, 6.07) is 6.07. The number of nitrogens with one attached hydrogen (secondary N) is 1. The van der Waals surface area contributed by atoms with Gasteiger partial charge in [-0.1, -0.05) is 30.3 Å². The number of hydrazone groups is 1. The Morgan fingerprint density at radius 3 is 2.69 bits per heavy atom. The van der Waals surface area contributed by atoms with Gasteiger partial charge in [0.25, 0.3) is 5.91 Å². The fourth-order valence-corrected chi connectivity index (χ4v) is 4.18. The molecule has 2 aromatic carbocycles. The summed E-state index contributed by atoms with van der Waals surface area (Å²) >= 11 is 3.53. The summed E-state index contributed by atoms with van der Waals surface area (Å²) in [6.45, 7) is 1.81. The van der Waals surface area contributed by atoms with E-state index < -0.39 is 23.7 Å². The summed E-state index contributed by atoms with van der Waals surface area (Å²) < 4.78 is 36.4. The molecule has 168 valence electrons. The van der Waals surface area contributed by atoms with Gasteiger partial charge in [0.15, 0.2) is 23.3 Å². The normalized spacial score (nSPS) is 19.0. The minimum Gasteiger partial charge on any atom is -0.492 e. The summed E-state index contributed by atoms with van der Waals surface area (Å²) in [5.74, 6) is 0.0719. The average Bonchev–Trinajstić information content (AvgIpc) is 3.42. The van der Waals surface area contributed by atoms with Gasteiger partial charge < -0.3 is 23.8 Å². The van der Waals surface area contributed by atoms with Crippen LogP contribution in [0.5, 0.6) is 23.0 Å². The number of fused-ring (bicyclic) bond motifs is 1. The average molecular weight is 508 g/mol. The maximum atomic E-state index is 13.7. The van der Waals surface area contributed by atoms with Crippen LogP contribution >= 0.6 is 15.9 Å². The maximum Gasteiger partial charge on any atom is 0.289 e. The Morgan fingerprint density at radius 1 is 1.25 bits per heavy atom. The van der Waals surface area contributed by atoms with Gasteiger partial charge in [0.1, 0.15) is 5.82 Å². The van der Waals surface area contributed by atoms with E-state index >= 15 is 0 Å². The molecular formula is C21H19BrFN3O6. The zero-order chi connectivity index (χ0) is 22.8. The van der Waals surface area contributed by atoms with Crippen molar-refractivity contribution in [1.82, 2.24) is 5.43 Å². The van der Waals surface area contributed by atoms with Crippen LogP contribution in [0.15, 0.2) is 39.0 Å². The fraction of sp³-hybridized carbons (Fsp3) is 0.286. The van der Waals surface area contributed by atoms with Gasteiger partial charge in [-0.05, 0) is 22.0 Å². The van der Waals surface area contributed by atoms with Crippen molar-refractivity contribution in [2.45, 2.75) is 13.0 Å². The Balaban J connectivity index is 1.56. The van der Waals surface area contributed by atoms with Crippen LogP contribution in [0.4, 0.5) is 4.39 Å². The summed E-state index contributed by atoms with van der Waals surface area (Å²) in [5.41, 5.74) is 3.27. The second kappa shape index (κ2) is 9.03. The monoisotopic (exact) mass is 507 g/mol. The number of rotatable bonds is 6. The lowest BCUT2D eigenvalue weighted by atomic mass is 9.92. The Morgan fingerprint density at radius 2 is 1.97 bits per heavy atom. The third-order valence-corrected chi connectivity index (χ3v) is 5.84. The largest absolute Gasteiger partial charge is 0.492 e. The van der Waals surface area contributed by atoms with Crippen LogP contribution in [0.1, 0.15) is 24.2 Å². The van der Waals surface area contributed by atoms with Crippen LogP contribution in [0.3, 0.4) is 0 Å². The van der Waals surface area contributed by atoms with E-state index in [1.165, 1.54) is 32.6 Å². The molecule has 0 aromatic heterocycles. The van der Waals surface area contributed by atoms with Crippen LogP contribution < -0.4 is 24.4 Å². The Bertz CT molecular complexity index is 1120. The van der Waals surface area contributed by atoms with Crippen molar-refractivity contribution in [2.75, 3.05) is 21.0 Å². The first-order valence-corrected chi connectivity index (χ1v) is 10.3. The number of carbonyl (C=O) groups excluding carboxylic acids is 1. The number of nitrogens with zero attached hydrogens (tertiary/aromatic N) is 2. The highest BCUT2D eigenvalue weighted by atomic mass is 79.9. The third kappa shape index (κ3) is 3.72.